The van der Waals surface area contributed by atoms with E-state index in [1.54, 1.807) is 0 Å². The number of rotatable bonds is 3. The summed E-state index contributed by atoms with van der Waals surface area (Å²) >= 11 is 0. The first kappa shape index (κ1) is 16.1. The number of nitrogens with zero attached hydrogens (tertiary/aromatic N) is 2. The van der Waals surface area contributed by atoms with Gasteiger partial charge in [-0.05, 0) is 38.2 Å². The molecule has 6 heteroatoms. The number of aromatic nitrogens is 2. The molecule has 0 aromatic carbocycles. The van der Waals surface area contributed by atoms with Gasteiger partial charge in [-0.2, -0.15) is 5.10 Å². The number of piperidine rings is 1. The van der Waals surface area contributed by atoms with Crippen LogP contribution in [-0.2, 0) is 9.47 Å². The molecule has 3 fully saturated rings. The second-order valence-corrected chi connectivity index (χ2v) is 7.22. The monoisotopic (exact) mass is 333 g/mol. The molecular formula is C18H27N3O3. The Bertz CT molecular complexity index is 562. The van der Waals surface area contributed by atoms with Gasteiger partial charge in [0.15, 0.2) is 6.29 Å². The van der Waals surface area contributed by atoms with Crippen molar-refractivity contribution in [1.29, 1.82) is 0 Å². The average Bonchev–Trinajstić information content (AvgIpc) is 3.34. The molecule has 1 aromatic rings. The van der Waals surface area contributed by atoms with Gasteiger partial charge in [0.1, 0.15) is 5.69 Å². The summed E-state index contributed by atoms with van der Waals surface area (Å²) in [7, 11) is 0. The second-order valence-electron chi connectivity index (χ2n) is 7.22. The second kappa shape index (κ2) is 7.23. The largest absolute Gasteiger partial charge is 0.348 e. The number of likely N-dealkylation sites (tertiary alicyclic amines) is 1. The van der Waals surface area contributed by atoms with Crippen LogP contribution < -0.4 is 0 Å². The lowest BCUT2D eigenvalue weighted by molar-refractivity contribution is -0.100. The maximum absolute atomic E-state index is 13.0. The standard InChI is InChI=1S/C18H27N3O3/c22-17(15-12-14(19-20-15)13-6-2-1-3-7-13)21-9-5-4-8-16(21)18-23-10-11-24-18/h12-13,16,18H,1-11H2,(H,19,20)/t16-/m0/s1. The van der Waals surface area contributed by atoms with Crippen molar-refractivity contribution in [1.82, 2.24) is 15.1 Å². The Kier molecular flexibility index (Phi) is 4.85. The molecule has 0 unspecified atom stereocenters. The maximum atomic E-state index is 13.0. The van der Waals surface area contributed by atoms with Gasteiger partial charge in [-0.15, -0.1) is 0 Å². The molecule has 2 saturated heterocycles. The first-order valence-corrected chi connectivity index (χ1v) is 9.42. The molecule has 0 bridgehead atoms. The first-order chi connectivity index (χ1) is 11.8. The number of aromatic amines is 1. The highest BCUT2D eigenvalue weighted by Crippen LogP contribution is 2.32. The molecule has 1 N–H and O–H groups in total. The Balaban J connectivity index is 1.48. The molecule has 2 aliphatic heterocycles. The molecule has 1 amide bonds. The normalized spacial score (nSPS) is 26.8. The van der Waals surface area contributed by atoms with E-state index in [1.807, 2.05) is 11.0 Å². The summed E-state index contributed by atoms with van der Waals surface area (Å²) in [5.74, 6) is 0.545. The summed E-state index contributed by atoms with van der Waals surface area (Å²) < 4.78 is 11.3. The van der Waals surface area contributed by atoms with Crippen molar-refractivity contribution in [3.05, 3.63) is 17.5 Å². The van der Waals surface area contributed by atoms with E-state index < -0.39 is 0 Å². The highest BCUT2D eigenvalue weighted by molar-refractivity contribution is 5.92. The van der Waals surface area contributed by atoms with Gasteiger partial charge in [-0.1, -0.05) is 19.3 Å². The van der Waals surface area contributed by atoms with Gasteiger partial charge in [0, 0.05) is 18.2 Å². The Labute approximate surface area is 142 Å². The fourth-order valence-electron chi connectivity index (χ4n) is 4.31. The molecule has 4 rings (SSSR count). The van der Waals surface area contributed by atoms with E-state index in [-0.39, 0.29) is 18.2 Å². The van der Waals surface area contributed by atoms with Crippen LogP contribution in [0.2, 0.25) is 0 Å². The number of carbonyl (C=O) groups excluding carboxylic acids is 1. The van der Waals surface area contributed by atoms with Gasteiger partial charge in [0.05, 0.1) is 19.3 Å². The summed E-state index contributed by atoms with van der Waals surface area (Å²) in [5.41, 5.74) is 1.67. The van der Waals surface area contributed by atoms with Gasteiger partial charge in [0.2, 0.25) is 0 Å². The van der Waals surface area contributed by atoms with Gasteiger partial charge < -0.3 is 14.4 Å². The zero-order chi connectivity index (χ0) is 16.4. The lowest BCUT2D eigenvalue weighted by Crippen LogP contribution is -2.50. The molecule has 1 aliphatic carbocycles. The van der Waals surface area contributed by atoms with Crippen LogP contribution >= 0.6 is 0 Å². The predicted octanol–water partition coefficient (Wildman–Crippen LogP) is 2.83. The zero-order valence-corrected chi connectivity index (χ0v) is 14.2. The van der Waals surface area contributed by atoms with Crippen molar-refractivity contribution in [2.24, 2.45) is 0 Å². The summed E-state index contributed by atoms with van der Waals surface area (Å²) in [6.07, 6.45) is 9.10. The SMILES string of the molecule is O=C(c1cc(C2CCCCC2)[nH]n1)N1CCCC[C@H]1C1OCCO1. The fourth-order valence-corrected chi connectivity index (χ4v) is 4.31. The number of hydrogen-bond acceptors (Lipinski definition) is 4. The van der Waals surface area contributed by atoms with Gasteiger partial charge in [0.25, 0.3) is 5.91 Å². The van der Waals surface area contributed by atoms with E-state index in [2.05, 4.69) is 10.2 Å². The van der Waals surface area contributed by atoms with Crippen molar-refractivity contribution in [2.75, 3.05) is 19.8 Å². The molecule has 1 saturated carbocycles. The van der Waals surface area contributed by atoms with E-state index in [1.165, 1.54) is 32.1 Å². The average molecular weight is 333 g/mol. The zero-order valence-electron chi connectivity index (χ0n) is 14.2. The third-order valence-corrected chi connectivity index (χ3v) is 5.63. The fraction of sp³-hybridized carbons (Fsp3) is 0.778. The molecule has 24 heavy (non-hydrogen) atoms. The number of H-pyrrole nitrogens is 1. The van der Waals surface area contributed by atoms with Crippen molar-refractivity contribution in [2.45, 2.75) is 69.6 Å². The molecule has 0 radical (unpaired) electrons. The van der Waals surface area contributed by atoms with Crippen LogP contribution in [-0.4, -0.2) is 53.1 Å². The van der Waals surface area contributed by atoms with E-state index in [0.29, 0.717) is 24.8 Å². The number of carbonyl (C=O) groups is 1. The number of amides is 1. The van der Waals surface area contributed by atoms with Crippen LogP contribution in [0.4, 0.5) is 0 Å². The molecule has 3 aliphatic rings. The molecule has 3 heterocycles. The number of ether oxygens (including phenoxy) is 2. The van der Waals surface area contributed by atoms with Crippen molar-refractivity contribution < 1.29 is 14.3 Å². The molecule has 6 nitrogen and oxygen atoms in total. The van der Waals surface area contributed by atoms with Gasteiger partial charge in [-0.3, -0.25) is 9.89 Å². The highest BCUT2D eigenvalue weighted by atomic mass is 16.7. The summed E-state index contributed by atoms with van der Waals surface area (Å²) in [4.78, 5) is 14.9. The van der Waals surface area contributed by atoms with Crippen molar-refractivity contribution in [3.8, 4) is 0 Å². The summed E-state index contributed by atoms with van der Waals surface area (Å²) in [6.45, 7) is 2.01. The van der Waals surface area contributed by atoms with Crippen molar-refractivity contribution in [3.63, 3.8) is 0 Å². The molecule has 1 aromatic heterocycles. The van der Waals surface area contributed by atoms with Crippen molar-refractivity contribution >= 4 is 5.91 Å². The van der Waals surface area contributed by atoms with Crippen LogP contribution in [0.15, 0.2) is 6.07 Å². The topological polar surface area (TPSA) is 67.5 Å². The lowest BCUT2D eigenvalue weighted by atomic mass is 9.87. The van der Waals surface area contributed by atoms with Crippen LogP contribution in [0, 0.1) is 0 Å². The Hall–Kier alpha value is -1.40. The van der Waals surface area contributed by atoms with Crippen LogP contribution in [0.25, 0.3) is 0 Å². The van der Waals surface area contributed by atoms with Gasteiger partial charge in [-0.25, -0.2) is 0 Å². The highest BCUT2D eigenvalue weighted by Gasteiger charge is 2.37. The first-order valence-electron chi connectivity index (χ1n) is 9.42. The predicted molar refractivity (Wildman–Crippen MR) is 88.8 cm³/mol. The van der Waals surface area contributed by atoms with Crippen LogP contribution in [0.1, 0.15) is 73.5 Å². The Morgan fingerprint density at radius 2 is 1.83 bits per heavy atom. The molecule has 1 atom stereocenters. The van der Waals surface area contributed by atoms with E-state index in [0.717, 1.165) is 31.5 Å². The van der Waals surface area contributed by atoms with E-state index >= 15 is 0 Å². The quantitative estimate of drug-likeness (QED) is 0.923. The lowest BCUT2D eigenvalue weighted by Gasteiger charge is -2.37. The Morgan fingerprint density at radius 1 is 1.08 bits per heavy atom. The van der Waals surface area contributed by atoms with Crippen LogP contribution in [0.5, 0.6) is 0 Å². The minimum Gasteiger partial charge on any atom is -0.348 e. The maximum Gasteiger partial charge on any atom is 0.274 e. The summed E-state index contributed by atoms with van der Waals surface area (Å²) in [5, 5.41) is 7.45. The Morgan fingerprint density at radius 3 is 2.62 bits per heavy atom. The van der Waals surface area contributed by atoms with E-state index in [4.69, 9.17) is 9.47 Å². The van der Waals surface area contributed by atoms with E-state index in [9.17, 15) is 4.79 Å². The number of nitrogens with one attached hydrogen (secondary N) is 1. The molecule has 0 spiro atoms. The molecule has 132 valence electrons. The van der Waals surface area contributed by atoms with Crippen LogP contribution in [0.3, 0.4) is 0 Å². The molecular weight excluding hydrogens is 306 g/mol. The third-order valence-electron chi connectivity index (χ3n) is 5.63. The smallest absolute Gasteiger partial charge is 0.274 e. The minimum atomic E-state index is -0.272. The van der Waals surface area contributed by atoms with Gasteiger partial charge >= 0.3 is 0 Å². The number of hydrogen-bond donors (Lipinski definition) is 1. The third kappa shape index (κ3) is 3.22. The summed E-state index contributed by atoms with van der Waals surface area (Å²) in [6, 6.07) is 1.99. The minimum absolute atomic E-state index is 0.0112.